The van der Waals surface area contributed by atoms with Gasteiger partial charge in [-0.1, -0.05) is 5.23 Å². The number of aromatic amines is 1. The van der Waals surface area contributed by atoms with Crippen molar-refractivity contribution in [2.45, 2.75) is 0 Å². The number of hydrogen-bond donors (Lipinski definition) is 6. The molecule has 0 radical (unpaired) electrons. The quantitative estimate of drug-likeness (QED) is 0.251. The van der Waals surface area contributed by atoms with Gasteiger partial charge in [0.2, 0.25) is 16.7 Å². The smallest absolute Gasteiger partial charge is 0.295 e. The van der Waals surface area contributed by atoms with Crippen molar-refractivity contribution >= 4 is 36.2 Å². The van der Waals surface area contributed by atoms with Crippen molar-refractivity contribution in [1.29, 1.82) is 0 Å². The highest BCUT2D eigenvalue weighted by Crippen LogP contribution is 2.04. The van der Waals surface area contributed by atoms with Crippen molar-refractivity contribution in [1.82, 2.24) is 25.2 Å². The van der Waals surface area contributed by atoms with Crippen LogP contribution in [0.3, 0.4) is 0 Å². The summed E-state index contributed by atoms with van der Waals surface area (Å²) in [7, 11) is 1.07. The first-order valence-electron chi connectivity index (χ1n) is 4.50. The standard InChI is InChI=1S/C6H9N7O5S/c1-12(16)5(14)10-2-7-3(9-4(19)8-2)11-6(15)13(17)18/h16-18H,1H3,(H3,7,8,9,10,11,14,15,19). The number of rotatable bonds is 2. The molecule has 13 heteroatoms. The normalized spacial score (nSPS) is 9.68. The van der Waals surface area contributed by atoms with Crippen LogP contribution in [0.2, 0.25) is 0 Å². The number of carbonyl (C=O) groups excluding carboxylic acids is 2. The van der Waals surface area contributed by atoms with Crippen LogP contribution in [0.5, 0.6) is 0 Å². The summed E-state index contributed by atoms with van der Waals surface area (Å²) < 4.78 is -0.243. The molecule has 6 N–H and O–H groups in total. The van der Waals surface area contributed by atoms with Gasteiger partial charge in [0, 0.05) is 7.05 Å². The molecule has 0 fully saturated rings. The first-order chi connectivity index (χ1) is 8.79. The van der Waals surface area contributed by atoms with Crippen LogP contribution in [-0.2, 0) is 0 Å². The zero-order valence-corrected chi connectivity index (χ0v) is 10.2. The van der Waals surface area contributed by atoms with Crippen molar-refractivity contribution in [2.24, 2.45) is 0 Å². The van der Waals surface area contributed by atoms with Crippen molar-refractivity contribution < 1.29 is 25.2 Å². The highest BCUT2D eigenvalue weighted by atomic mass is 32.1. The van der Waals surface area contributed by atoms with Crippen LogP contribution in [0.25, 0.3) is 0 Å². The second-order valence-corrected chi connectivity index (χ2v) is 3.37. The maximum Gasteiger partial charge on any atom is 0.373 e. The maximum absolute atomic E-state index is 11.1. The molecule has 19 heavy (non-hydrogen) atoms. The average Bonchev–Trinajstić information content (AvgIpc) is 2.27. The molecule has 1 rings (SSSR count). The van der Waals surface area contributed by atoms with Crippen LogP contribution in [0.4, 0.5) is 21.5 Å². The Balaban J connectivity index is 2.91. The molecule has 0 unspecified atom stereocenters. The van der Waals surface area contributed by atoms with Gasteiger partial charge in [-0.2, -0.15) is 9.97 Å². The molecule has 1 aromatic rings. The lowest BCUT2D eigenvalue weighted by Gasteiger charge is -2.11. The van der Waals surface area contributed by atoms with Gasteiger partial charge >= 0.3 is 12.1 Å². The number of hydroxylamine groups is 4. The minimum atomic E-state index is -1.32. The largest absolute Gasteiger partial charge is 0.373 e. The zero-order chi connectivity index (χ0) is 14.6. The third kappa shape index (κ3) is 4.43. The molecule has 4 amide bonds. The summed E-state index contributed by atoms with van der Waals surface area (Å²) in [6, 6.07) is -2.24. The van der Waals surface area contributed by atoms with E-state index < -0.39 is 17.3 Å². The van der Waals surface area contributed by atoms with Crippen molar-refractivity contribution in [2.75, 3.05) is 17.7 Å². The molecule has 0 saturated carbocycles. The summed E-state index contributed by atoms with van der Waals surface area (Å²) in [5.74, 6) is -0.516. The first kappa shape index (κ1) is 14.7. The van der Waals surface area contributed by atoms with Crippen LogP contribution in [-0.4, -0.2) is 60.0 Å². The Morgan fingerprint density at radius 1 is 1.16 bits per heavy atom. The second-order valence-electron chi connectivity index (χ2n) is 3.00. The summed E-state index contributed by atoms with van der Waals surface area (Å²) in [6.45, 7) is 0. The molecule has 0 aliphatic rings. The van der Waals surface area contributed by atoms with E-state index in [4.69, 9.17) is 15.6 Å². The molecule has 0 atom stereocenters. The van der Waals surface area contributed by atoms with Gasteiger partial charge in [0.05, 0.1) is 0 Å². The molecule has 0 aromatic carbocycles. The van der Waals surface area contributed by atoms with E-state index in [0.29, 0.717) is 0 Å². The van der Waals surface area contributed by atoms with Gasteiger partial charge in [0.15, 0.2) is 0 Å². The van der Waals surface area contributed by atoms with Gasteiger partial charge in [-0.25, -0.2) is 14.7 Å². The van der Waals surface area contributed by atoms with E-state index in [9.17, 15) is 9.59 Å². The Hall–Kier alpha value is -2.35. The number of urea groups is 2. The highest BCUT2D eigenvalue weighted by Gasteiger charge is 2.12. The highest BCUT2D eigenvalue weighted by molar-refractivity contribution is 7.71. The summed E-state index contributed by atoms with van der Waals surface area (Å²) in [6.07, 6.45) is 0. The fourth-order valence-corrected chi connectivity index (χ4v) is 1.02. The van der Waals surface area contributed by atoms with Crippen molar-refractivity contribution in [3.05, 3.63) is 4.77 Å². The molecule has 0 bridgehead atoms. The Labute approximate surface area is 110 Å². The zero-order valence-electron chi connectivity index (χ0n) is 9.36. The SMILES string of the molecule is CN(O)C(=O)Nc1nc(=S)nc(NC(=O)N(O)O)[nH]1. The van der Waals surface area contributed by atoms with Crippen LogP contribution < -0.4 is 10.6 Å². The van der Waals surface area contributed by atoms with Gasteiger partial charge in [0.1, 0.15) is 0 Å². The number of H-pyrrole nitrogens is 1. The lowest BCUT2D eigenvalue weighted by atomic mass is 10.8. The van der Waals surface area contributed by atoms with Gasteiger partial charge < -0.3 is 0 Å². The Bertz CT molecular complexity index is 500. The van der Waals surface area contributed by atoms with E-state index >= 15 is 0 Å². The number of anilines is 2. The summed E-state index contributed by atoms with van der Waals surface area (Å²) in [5.41, 5.74) is 0. The van der Waals surface area contributed by atoms with Crippen LogP contribution >= 0.6 is 12.2 Å². The molecule has 0 saturated heterocycles. The van der Waals surface area contributed by atoms with E-state index in [1.165, 1.54) is 0 Å². The Kier molecular flexibility index (Phi) is 4.65. The molecule has 0 spiro atoms. The van der Waals surface area contributed by atoms with Gasteiger partial charge in [0.25, 0.3) is 0 Å². The van der Waals surface area contributed by atoms with E-state index in [1.807, 2.05) is 5.32 Å². The monoisotopic (exact) mass is 291 g/mol. The predicted molar refractivity (Wildman–Crippen MR) is 60.2 cm³/mol. The first-order valence-corrected chi connectivity index (χ1v) is 4.91. The minimum absolute atomic E-state index is 0.219. The third-order valence-electron chi connectivity index (χ3n) is 1.58. The molecular formula is C6H9N7O5S. The van der Waals surface area contributed by atoms with Gasteiger partial charge in [-0.05, 0) is 12.2 Å². The molecule has 12 nitrogen and oxygen atoms in total. The summed E-state index contributed by atoms with van der Waals surface area (Å²) in [4.78, 5) is 31.5. The average molecular weight is 291 g/mol. The van der Waals surface area contributed by atoms with Gasteiger partial charge in [-0.15, -0.1) is 0 Å². The topological polar surface area (TPSA) is 167 Å². The second kappa shape index (κ2) is 6.01. The van der Waals surface area contributed by atoms with E-state index in [-0.39, 0.29) is 21.7 Å². The number of amides is 4. The van der Waals surface area contributed by atoms with Crippen molar-refractivity contribution in [3.8, 4) is 0 Å². The lowest BCUT2D eigenvalue weighted by Crippen LogP contribution is -2.31. The Morgan fingerprint density at radius 2 is 1.63 bits per heavy atom. The van der Waals surface area contributed by atoms with Crippen LogP contribution in [0.15, 0.2) is 0 Å². The van der Waals surface area contributed by atoms with Gasteiger partial charge in [-0.3, -0.25) is 31.2 Å². The predicted octanol–water partition coefficient (Wildman–Crippen LogP) is -0.000610. The maximum atomic E-state index is 11.1. The van der Waals surface area contributed by atoms with Crippen molar-refractivity contribution in [3.63, 3.8) is 0 Å². The van der Waals surface area contributed by atoms with Crippen LogP contribution in [0, 0.1) is 4.77 Å². The number of nitrogens with zero attached hydrogens (tertiary/aromatic N) is 4. The molecule has 1 aromatic heterocycles. The van der Waals surface area contributed by atoms with Crippen LogP contribution in [0.1, 0.15) is 0 Å². The lowest BCUT2D eigenvalue weighted by molar-refractivity contribution is -0.255. The van der Waals surface area contributed by atoms with E-state index in [0.717, 1.165) is 7.05 Å². The number of nitrogens with one attached hydrogen (secondary N) is 3. The number of hydrogen-bond acceptors (Lipinski definition) is 8. The fraction of sp³-hybridized carbons (Fsp3) is 0.167. The summed E-state index contributed by atoms with van der Waals surface area (Å²) >= 11 is 4.66. The summed E-state index contributed by atoms with van der Waals surface area (Å²) in [5, 5.41) is 29.2. The third-order valence-corrected chi connectivity index (χ3v) is 1.76. The Morgan fingerprint density at radius 3 is 2.05 bits per heavy atom. The molecular weight excluding hydrogens is 282 g/mol. The molecule has 1 heterocycles. The van der Waals surface area contributed by atoms with E-state index in [1.54, 1.807) is 0 Å². The molecule has 0 aliphatic heterocycles. The fourth-order valence-electron chi connectivity index (χ4n) is 0.836. The number of aromatic nitrogens is 3. The minimum Gasteiger partial charge on any atom is -0.295 e. The van der Waals surface area contributed by atoms with E-state index in [2.05, 4.69) is 32.5 Å². The number of carbonyl (C=O) groups is 2. The molecule has 104 valence electrons. The molecule has 0 aliphatic carbocycles.